The van der Waals surface area contributed by atoms with Gasteiger partial charge in [0.15, 0.2) is 0 Å². The molecule has 6 heteroatoms. The number of nitrogens with zero attached hydrogens (tertiary/aromatic N) is 4. The lowest BCUT2D eigenvalue weighted by Crippen LogP contribution is -2.57. The van der Waals surface area contributed by atoms with E-state index < -0.39 is 0 Å². The minimum atomic E-state index is 0.0906. The molecule has 160 valence electrons. The van der Waals surface area contributed by atoms with Gasteiger partial charge in [-0.2, -0.15) is 0 Å². The monoisotopic (exact) mass is 407 g/mol. The zero-order valence-electron chi connectivity index (χ0n) is 17.7. The molecule has 0 radical (unpaired) electrons. The molecular formula is C24H33N5O. The molecule has 30 heavy (non-hydrogen) atoms. The normalized spacial score (nSPS) is 29.1. The third-order valence-electron chi connectivity index (χ3n) is 7.46. The first-order valence-electron chi connectivity index (χ1n) is 11.7. The van der Waals surface area contributed by atoms with Gasteiger partial charge in [0.25, 0.3) is 0 Å². The molecule has 1 aromatic heterocycles. The molecule has 6 nitrogen and oxygen atoms in total. The molecule has 6 rings (SSSR count). The number of amides is 1. The van der Waals surface area contributed by atoms with Gasteiger partial charge in [-0.1, -0.05) is 55.5 Å². The summed E-state index contributed by atoms with van der Waals surface area (Å²) >= 11 is 0. The molecule has 1 unspecified atom stereocenters. The Morgan fingerprint density at radius 1 is 1.10 bits per heavy atom. The predicted octanol–water partition coefficient (Wildman–Crippen LogP) is 3.75. The van der Waals surface area contributed by atoms with Crippen molar-refractivity contribution in [2.75, 3.05) is 18.4 Å². The fourth-order valence-corrected chi connectivity index (χ4v) is 5.81. The summed E-state index contributed by atoms with van der Waals surface area (Å²) in [5, 5.41) is 12.0. The maximum atomic E-state index is 12.8. The van der Waals surface area contributed by atoms with Crippen LogP contribution in [-0.2, 0) is 17.8 Å². The van der Waals surface area contributed by atoms with Crippen molar-refractivity contribution in [2.45, 2.75) is 64.0 Å². The fraction of sp³-hybridized carbons (Fsp3) is 0.625. The number of benzene rings is 1. The van der Waals surface area contributed by atoms with Crippen LogP contribution in [0.3, 0.4) is 0 Å². The van der Waals surface area contributed by atoms with Crippen LogP contribution in [0.1, 0.15) is 50.6 Å². The van der Waals surface area contributed by atoms with Crippen LogP contribution in [0.5, 0.6) is 0 Å². The molecule has 0 spiro atoms. The first-order chi connectivity index (χ1) is 14.7. The summed E-state index contributed by atoms with van der Waals surface area (Å²) in [5.74, 6) is 1.52. The topological polar surface area (TPSA) is 63.1 Å². The third kappa shape index (κ3) is 4.43. The van der Waals surface area contributed by atoms with Gasteiger partial charge in [-0.3, -0.25) is 14.4 Å². The van der Waals surface area contributed by atoms with Crippen molar-refractivity contribution in [3.63, 3.8) is 0 Å². The number of anilines is 1. The summed E-state index contributed by atoms with van der Waals surface area (Å²) in [4.78, 5) is 15.3. The average Bonchev–Trinajstić information content (AvgIpc) is 3.22. The van der Waals surface area contributed by atoms with E-state index in [9.17, 15) is 4.79 Å². The zero-order valence-corrected chi connectivity index (χ0v) is 17.7. The third-order valence-corrected chi connectivity index (χ3v) is 7.46. The molecule has 1 aromatic carbocycles. The van der Waals surface area contributed by atoms with Crippen LogP contribution in [0.25, 0.3) is 0 Å². The molecule has 2 aromatic rings. The van der Waals surface area contributed by atoms with Crippen LogP contribution in [-0.4, -0.2) is 44.9 Å². The fourth-order valence-electron chi connectivity index (χ4n) is 5.81. The molecular weight excluding hydrogens is 374 g/mol. The summed E-state index contributed by atoms with van der Waals surface area (Å²) < 4.78 is 2.04. The molecule has 1 amide bonds. The maximum Gasteiger partial charge on any atom is 0.229 e. The Balaban J connectivity index is 1.16. The molecule has 4 heterocycles. The number of hydrogen-bond acceptors (Lipinski definition) is 4. The van der Waals surface area contributed by atoms with E-state index in [1.807, 2.05) is 35.0 Å². The quantitative estimate of drug-likeness (QED) is 0.792. The van der Waals surface area contributed by atoms with Crippen molar-refractivity contribution >= 4 is 11.6 Å². The van der Waals surface area contributed by atoms with Crippen LogP contribution in [0, 0.1) is 17.8 Å². The Labute approximate surface area is 179 Å². The molecule has 1 N–H and O–H groups in total. The minimum Gasteiger partial charge on any atom is -0.326 e. The summed E-state index contributed by atoms with van der Waals surface area (Å²) in [6, 6.07) is 10.3. The number of fused-ring (bicyclic) bond motifs is 3. The van der Waals surface area contributed by atoms with Crippen molar-refractivity contribution in [3.05, 3.63) is 42.2 Å². The van der Waals surface area contributed by atoms with Crippen LogP contribution in [0.15, 0.2) is 36.5 Å². The zero-order chi connectivity index (χ0) is 20.3. The van der Waals surface area contributed by atoms with E-state index in [2.05, 4.69) is 26.7 Å². The lowest BCUT2D eigenvalue weighted by Gasteiger charge is -2.49. The second kappa shape index (κ2) is 8.88. The summed E-state index contributed by atoms with van der Waals surface area (Å²) in [6.07, 6.45) is 12.3. The van der Waals surface area contributed by atoms with E-state index in [1.54, 1.807) is 0 Å². The molecule has 4 aliphatic rings. The van der Waals surface area contributed by atoms with Gasteiger partial charge in [-0.15, -0.1) is 5.10 Å². The van der Waals surface area contributed by atoms with Gasteiger partial charge in [0.1, 0.15) is 0 Å². The first-order valence-corrected chi connectivity index (χ1v) is 11.7. The van der Waals surface area contributed by atoms with E-state index >= 15 is 0 Å². The predicted molar refractivity (Wildman–Crippen MR) is 117 cm³/mol. The van der Waals surface area contributed by atoms with E-state index in [1.165, 1.54) is 32.1 Å². The lowest BCUT2D eigenvalue weighted by molar-refractivity contribution is -0.127. The molecule has 4 atom stereocenters. The number of piperidine rings is 3. The summed E-state index contributed by atoms with van der Waals surface area (Å²) in [5.41, 5.74) is 2.04. The highest BCUT2D eigenvalue weighted by atomic mass is 16.2. The van der Waals surface area contributed by atoms with Crippen molar-refractivity contribution in [1.29, 1.82) is 0 Å². The van der Waals surface area contributed by atoms with Crippen molar-refractivity contribution in [2.24, 2.45) is 17.8 Å². The number of aromatic nitrogens is 3. The van der Waals surface area contributed by atoms with Crippen LogP contribution < -0.4 is 5.32 Å². The highest BCUT2D eigenvalue weighted by Crippen LogP contribution is 2.37. The lowest BCUT2D eigenvalue weighted by atomic mass is 9.75. The van der Waals surface area contributed by atoms with Gasteiger partial charge in [0, 0.05) is 24.5 Å². The van der Waals surface area contributed by atoms with Gasteiger partial charge in [-0.05, 0) is 49.8 Å². The number of para-hydroxylation sites is 1. The number of hydrogen-bond donors (Lipinski definition) is 1. The highest BCUT2D eigenvalue weighted by molar-refractivity contribution is 5.93. The Hall–Kier alpha value is -2.21. The van der Waals surface area contributed by atoms with Gasteiger partial charge >= 0.3 is 0 Å². The molecule has 2 bridgehead atoms. The van der Waals surface area contributed by atoms with Crippen LogP contribution in [0.2, 0.25) is 0 Å². The minimum absolute atomic E-state index is 0.0906. The van der Waals surface area contributed by atoms with E-state index in [0.717, 1.165) is 56.2 Å². The number of rotatable bonds is 6. The Kier molecular flexibility index (Phi) is 5.84. The van der Waals surface area contributed by atoms with Crippen LogP contribution >= 0.6 is 0 Å². The number of carbonyl (C=O) groups is 1. The molecule has 4 fully saturated rings. The van der Waals surface area contributed by atoms with Gasteiger partial charge in [0.05, 0.1) is 18.2 Å². The summed E-state index contributed by atoms with van der Waals surface area (Å²) in [7, 11) is 0. The van der Waals surface area contributed by atoms with Gasteiger partial charge in [0.2, 0.25) is 5.91 Å². The smallest absolute Gasteiger partial charge is 0.229 e. The first kappa shape index (κ1) is 19.7. The van der Waals surface area contributed by atoms with E-state index in [0.29, 0.717) is 12.0 Å². The second-order valence-corrected chi connectivity index (χ2v) is 9.54. The standard InChI is InChI=1S/C24H33N5O/c30-24(25-20-9-5-2-6-10-20)23-17-28-12-11-19(23)14-22(28)16-29-15-21(26-27-29)13-18-7-3-1-4-8-18/h2,5-6,9-10,15,18-19,22-23H,1,3-4,7-8,11-14,16-17H2,(H,25,30)/t19-,22+,23-/m0/s1. The largest absolute Gasteiger partial charge is 0.326 e. The number of nitrogens with one attached hydrogen (secondary N) is 1. The van der Waals surface area contributed by atoms with Crippen molar-refractivity contribution < 1.29 is 4.79 Å². The Morgan fingerprint density at radius 3 is 2.70 bits per heavy atom. The van der Waals surface area contributed by atoms with Gasteiger partial charge < -0.3 is 5.32 Å². The Bertz CT molecular complexity index is 844. The maximum absolute atomic E-state index is 12.8. The van der Waals surface area contributed by atoms with Crippen LogP contribution in [0.4, 0.5) is 5.69 Å². The number of carbonyl (C=O) groups excluding carboxylic acids is 1. The molecule has 3 aliphatic heterocycles. The van der Waals surface area contributed by atoms with E-state index in [-0.39, 0.29) is 11.8 Å². The van der Waals surface area contributed by atoms with E-state index in [4.69, 9.17) is 0 Å². The highest BCUT2D eigenvalue weighted by Gasteiger charge is 2.43. The summed E-state index contributed by atoms with van der Waals surface area (Å²) in [6.45, 7) is 2.84. The Morgan fingerprint density at radius 2 is 1.93 bits per heavy atom. The molecule has 3 saturated heterocycles. The SMILES string of the molecule is O=C(Nc1ccccc1)[C@H]1CN2CC[C@H]1C[C@@H]2Cn1cc(CC2CCCCC2)nn1. The molecule has 1 saturated carbocycles. The van der Waals surface area contributed by atoms with Crippen molar-refractivity contribution in [3.8, 4) is 0 Å². The molecule has 1 aliphatic carbocycles. The van der Waals surface area contributed by atoms with Gasteiger partial charge in [-0.25, -0.2) is 0 Å². The second-order valence-electron chi connectivity index (χ2n) is 9.54. The average molecular weight is 408 g/mol. The van der Waals surface area contributed by atoms with Crippen molar-refractivity contribution in [1.82, 2.24) is 19.9 Å².